The summed E-state index contributed by atoms with van der Waals surface area (Å²) >= 11 is 6.34. The monoisotopic (exact) mass is 464 g/mol. The van der Waals surface area contributed by atoms with Crippen LogP contribution in [0.15, 0.2) is 53.7 Å². The number of hydrogen-bond acceptors (Lipinski definition) is 3. The highest BCUT2D eigenvalue weighted by molar-refractivity contribution is 6.32. The Bertz CT molecular complexity index is 1280. The average Bonchev–Trinajstić information content (AvgIpc) is 3.41. The first-order valence-electron chi connectivity index (χ1n) is 11.4. The highest BCUT2D eigenvalue weighted by atomic mass is 35.5. The molecule has 1 radical (unpaired) electrons. The van der Waals surface area contributed by atoms with Crippen molar-refractivity contribution in [3.63, 3.8) is 0 Å². The zero-order valence-electron chi connectivity index (χ0n) is 19.4. The third-order valence-electron chi connectivity index (χ3n) is 7.16. The lowest BCUT2D eigenvalue weighted by atomic mass is 9.87. The number of H-pyrrole nitrogens is 1. The fourth-order valence-electron chi connectivity index (χ4n) is 5.21. The molecule has 0 amide bonds. The number of allylic oxidation sites excluding steroid dienone is 3. The van der Waals surface area contributed by atoms with E-state index < -0.39 is 11.4 Å². The van der Waals surface area contributed by atoms with Crippen LogP contribution in [0, 0.1) is 19.9 Å². The van der Waals surface area contributed by atoms with Gasteiger partial charge in [0, 0.05) is 30.0 Å². The van der Waals surface area contributed by atoms with Crippen LogP contribution in [0.2, 0.25) is 5.02 Å². The Morgan fingerprint density at radius 2 is 1.97 bits per heavy atom. The fraction of sp³-hybridized carbons (Fsp3) is 0.370. The number of hydrogen-bond donors (Lipinski definition) is 1. The lowest BCUT2D eigenvalue weighted by Gasteiger charge is -2.39. The molecule has 1 unspecified atom stereocenters. The van der Waals surface area contributed by atoms with Gasteiger partial charge in [0.15, 0.2) is 11.6 Å². The molecule has 1 N–H and O–H groups in total. The Morgan fingerprint density at radius 3 is 2.70 bits per heavy atom. The first-order valence-corrected chi connectivity index (χ1v) is 11.8. The summed E-state index contributed by atoms with van der Waals surface area (Å²) in [4.78, 5) is 10.8. The topological polar surface area (TPSA) is 41.1 Å². The van der Waals surface area contributed by atoms with Crippen LogP contribution in [0.5, 0.6) is 0 Å². The van der Waals surface area contributed by atoms with Crippen LogP contribution >= 0.6 is 11.6 Å². The lowest BCUT2D eigenvalue weighted by molar-refractivity contribution is 0.162. The van der Waals surface area contributed by atoms with Crippen molar-refractivity contribution in [3.05, 3.63) is 87.3 Å². The molecule has 1 aliphatic heterocycles. The quantitative estimate of drug-likeness (QED) is 0.459. The number of rotatable bonds is 4. The third kappa shape index (κ3) is 3.63. The van der Waals surface area contributed by atoms with Crippen molar-refractivity contribution >= 4 is 22.6 Å². The van der Waals surface area contributed by atoms with Gasteiger partial charge in [0.25, 0.3) is 0 Å². The van der Waals surface area contributed by atoms with Crippen molar-refractivity contribution in [1.29, 1.82) is 0 Å². The first-order chi connectivity index (χ1) is 15.8. The average molecular weight is 465 g/mol. The molecule has 1 saturated heterocycles. The van der Waals surface area contributed by atoms with Gasteiger partial charge in [-0.2, -0.15) is 0 Å². The number of likely N-dealkylation sites (tertiary alicyclic amines) is 1. The van der Waals surface area contributed by atoms with Crippen LogP contribution in [0.25, 0.3) is 11.0 Å². The minimum Gasteiger partial charge on any atom is -0.492 e. The number of fused-ring (bicyclic) bond motifs is 1. The molecule has 1 fully saturated rings. The summed E-state index contributed by atoms with van der Waals surface area (Å²) in [6.07, 6.45) is 5.53. The van der Waals surface area contributed by atoms with Crippen LogP contribution < -0.4 is 0 Å². The Balaban J connectivity index is 1.57. The second-order valence-corrected chi connectivity index (χ2v) is 9.70. The van der Waals surface area contributed by atoms with Crippen LogP contribution in [0.4, 0.5) is 4.39 Å². The molecule has 4 nitrogen and oxygen atoms in total. The van der Waals surface area contributed by atoms with Gasteiger partial charge in [0.2, 0.25) is 0 Å². The molecule has 0 spiro atoms. The molecule has 0 bridgehead atoms. The summed E-state index contributed by atoms with van der Waals surface area (Å²) < 4.78 is 20.8. The summed E-state index contributed by atoms with van der Waals surface area (Å²) in [6, 6.07) is 12.1. The van der Waals surface area contributed by atoms with E-state index in [2.05, 4.69) is 54.1 Å². The van der Waals surface area contributed by atoms with Gasteiger partial charge < -0.3 is 14.6 Å². The molecular weight excluding hydrogens is 437 g/mol. The fourth-order valence-corrected chi connectivity index (χ4v) is 5.36. The molecule has 2 aliphatic rings. The molecule has 1 aromatic heterocycles. The highest BCUT2D eigenvalue weighted by Crippen LogP contribution is 2.46. The van der Waals surface area contributed by atoms with E-state index in [9.17, 15) is 0 Å². The zero-order valence-corrected chi connectivity index (χ0v) is 20.2. The van der Waals surface area contributed by atoms with Crippen molar-refractivity contribution in [1.82, 2.24) is 14.9 Å². The third-order valence-corrected chi connectivity index (χ3v) is 7.57. The van der Waals surface area contributed by atoms with Crippen molar-refractivity contribution in [2.24, 2.45) is 0 Å². The number of nitrogens with zero attached hydrogens (tertiary/aromatic N) is 2. The number of methoxy groups -OCH3 is 1. The molecule has 1 aliphatic carbocycles. The molecular formula is C27H28ClFN3O. The number of halogens is 2. The standard InChI is InChI=1S/C27H28ClFN3O/c1-16-6-8-18(9-7-16)19-14-21(29)25(33-4)23(15-19)32-13-5-12-27(32,3)26-30-22-11-10-20(28)17(2)24(22)31-26/h6-11,19H,5,12-13,15H2,1-4H3,(H,30,31)/t19?,27-/m0/s1. The second kappa shape index (κ2) is 8.21. The molecule has 5 rings (SSSR count). The van der Waals surface area contributed by atoms with Gasteiger partial charge in [0.05, 0.1) is 29.4 Å². The number of ether oxygens (including phenoxy) is 1. The maximum absolute atomic E-state index is 15.2. The molecule has 171 valence electrons. The Kier molecular flexibility index (Phi) is 5.48. The van der Waals surface area contributed by atoms with Crippen molar-refractivity contribution in [2.45, 2.75) is 51.5 Å². The van der Waals surface area contributed by atoms with Crippen LogP contribution in [-0.2, 0) is 10.3 Å². The first kappa shape index (κ1) is 22.0. The van der Waals surface area contributed by atoms with E-state index in [1.807, 2.05) is 19.1 Å². The van der Waals surface area contributed by atoms with Crippen LogP contribution in [0.1, 0.15) is 54.6 Å². The minimum absolute atomic E-state index is 0.166. The van der Waals surface area contributed by atoms with E-state index in [0.29, 0.717) is 11.4 Å². The molecule has 6 heteroatoms. The molecule has 2 aromatic carbocycles. The van der Waals surface area contributed by atoms with E-state index in [0.717, 1.165) is 53.1 Å². The number of nitrogens with one attached hydrogen (secondary N) is 1. The summed E-state index contributed by atoms with van der Waals surface area (Å²) in [6.45, 7) is 7.02. The number of benzene rings is 2. The van der Waals surface area contributed by atoms with Crippen molar-refractivity contribution in [2.75, 3.05) is 13.7 Å². The Labute approximate surface area is 199 Å². The van der Waals surface area contributed by atoms with E-state index in [1.165, 1.54) is 12.7 Å². The molecule has 33 heavy (non-hydrogen) atoms. The highest BCUT2D eigenvalue weighted by Gasteiger charge is 2.44. The largest absolute Gasteiger partial charge is 0.492 e. The molecule has 3 aromatic rings. The van der Waals surface area contributed by atoms with Crippen molar-refractivity contribution in [3.8, 4) is 0 Å². The SMILES string of the molecule is COC1=C(N2CCC[C@@]2(C)c2nc3c(C)c(Cl)ccc3[nH]2)CC(c2ccc(C)cc2)[C]=C1F. The van der Waals surface area contributed by atoms with Gasteiger partial charge in [-0.3, -0.25) is 0 Å². The van der Waals surface area contributed by atoms with Crippen LogP contribution in [-0.4, -0.2) is 28.5 Å². The minimum atomic E-state index is -0.425. The lowest BCUT2D eigenvalue weighted by Crippen LogP contribution is -2.40. The molecule has 2 heterocycles. The predicted octanol–water partition coefficient (Wildman–Crippen LogP) is 6.85. The number of imidazole rings is 1. The number of aromatic amines is 1. The second-order valence-electron chi connectivity index (χ2n) is 9.29. The zero-order chi connectivity index (χ0) is 23.3. The number of aryl methyl sites for hydroxylation is 2. The summed E-state index contributed by atoms with van der Waals surface area (Å²) in [5, 5.41) is 0.703. The summed E-state index contributed by atoms with van der Waals surface area (Å²) in [5.74, 6) is 0.558. The predicted molar refractivity (Wildman–Crippen MR) is 130 cm³/mol. The molecule has 2 atom stereocenters. The molecule has 0 saturated carbocycles. The van der Waals surface area contributed by atoms with Gasteiger partial charge in [0.1, 0.15) is 5.82 Å². The maximum atomic E-state index is 15.2. The number of aromatic nitrogens is 2. The van der Waals surface area contributed by atoms with Gasteiger partial charge in [-0.15, -0.1) is 0 Å². The maximum Gasteiger partial charge on any atom is 0.173 e. The van der Waals surface area contributed by atoms with E-state index in [4.69, 9.17) is 21.3 Å². The van der Waals surface area contributed by atoms with Gasteiger partial charge in [-0.25, -0.2) is 9.37 Å². The normalized spacial score (nSPS) is 23.4. The smallest absolute Gasteiger partial charge is 0.173 e. The van der Waals surface area contributed by atoms with E-state index in [-0.39, 0.29) is 11.7 Å². The van der Waals surface area contributed by atoms with Gasteiger partial charge >= 0.3 is 0 Å². The van der Waals surface area contributed by atoms with E-state index in [1.54, 1.807) is 0 Å². The van der Waals surface area contributed by atoms with Gasteiger partial charge in [-0.05, 0) is 56.9 Å². The summed E-state index contributed by atoms with van der Waals surface area (Å²) in [5.41, 5.74) is 5.50. The van der Waals surface area contributed by atoms with Crippen LogP contribution in [0.3, 0.4) is 0 Å². The Hall–Kier alpha value is -2.79. The van der Waals surface area contributed by atoms with Crippen molar-refractivity contribution < 1.29 is 9.13 Å². The van der Waals surface area contributed by atoms with E-state index >= 15 is 4.39 Å². The Morgan fingerprint density at radius 1 is 1.21 bits per heavy atom. The summed E-state index contributed by atoms with van der Waals surface area (Å²) in [7, 11) is 1.53. The van der Waals surface area contributed by atoms with Gasteiger partial charge in [-0.1, -0.05) is 41.4 Å².